The fourth-order valence-electron chi connectivity index (χ4n) is 2.00. The second-order valence-electron chi connectivity index (χ2n) is 4.54. The van der Waals surface area contributed by atoms with Gasteiger partial charge in [-0.15, -0.1) is 0 Å². The molecule has 116 valence electrons. The molecule has 2 N–H and O–H groups in total. The summed E-state index contributed by atoms with van der Waals surface area (Å²) < 4.78 is 18.6. The van der Waals surface area contributed by atoms with Gasteiger partial charge in [-0.3, -0.25) is 10.1 Å². The Hall–Kier alpha value is -3.49. The highest BCUT2D eigenvalue weighted by atomic mass is 19.1. The predicted molar refractivity (Wildman–Crippen MR) is 75.1 cm³/mol. The highest BCUT2D eigenvalue weighted by Crippen LogP contribution is 2.39. The summed E-state index contributed by atoms with van der Waals surface area (Å²) in [5, 5.41) is 33.6. The Balaban J connectivity index is 2.08. The number of aromatic hydroxyl groups is 2. The van der Waals surface area contributed by atoms with E-state index in [-0.39, 0.29) is 22.6 Å². The topological polar surface area (TPSA) is 123 Å². The summed E-state index contributed by atoms with van der Waals surface area (Å²) in [4.78, 5) is 13.5. The largest absolute Gasteiger partial charge is 0.504 e. The first-order valence-electron chi connectivity index (χ1n) is 6.25. The van der Waals surface area contributed by atoms with E-state index in [1.807, 2.05) is 0 Å². The molecule has 0 saturated carbocycles. The molecular formula is C14H8FN3O5. The molecule has 0 aliphatic carbocycles. The minimum atomic E-state index is -0.847. The van der Waals surface area contributed by atoms with E-state index in [1.165, 1.54) is 24.4 Å². The van der Waals surface area contributed by atoms with Crippen LogP contribution in [-0.2, 0) is 0 Å². The zero-order valence-electron chi connectivity index (χ0n) is 11.3. The lowest BCUT2D eigenvalue weighted by atomic mass is 10.1. The molecule has 1 aromatic carbocycles. The molecule has 0 aliphatic heterocycles. The van der Waals surface area contributed by atoms with Crippen molar-refractivity contribution in [3.8, 4) is 34.1 Å². The second kappa shape index (κ2) is 5.37. The van der Waals surface area contributed by atoms with Crippen LogP contribution in [0.4, 0.5) is 10.1 Å². The number of nitrogens with zero attached hydrogens (tertiary/aromatic N) is 3. The van der Waals surface area contributed by atoms with E-state index in [2.05, 4.69) is 10.1 Å². The Bertz CT molecular complexity index is 909. The number of nitro groups is 1. The summed E-state index contributed by atoms with van der Waals surface area (Å²) >= 11 is 0. The Kier molecular flexibility index (Phi) is 3.37. The van der Waals surface area contributed by atoms with Crippen LogP contribution in [0.1, 0.15) is 0 Å². The van der Waals surface area contributed by atoms with Gasteiger partial charge in [-0.1, -0.05) is 5.16 Å². The molecule has 0 unspecified atom stereocenters. The fourth-order valence-corrected chi connectivity index (χ4v) is 2.00. The lowest BCUT2D eigenvalue weighted by molar-refractivity contribution is -0.385. The number of phenols is 2. The average Bonchev–Trinajstić information content (AvgIpc) is 2.99. The molecule has 0 bridgehead atoms. The van der Waals surface area contributed by atoms with E-state index < -0.39 is 28.1 Å². The van der Waals surface area contributed by atoms with Crippen molar-refractivity contribution < 1.29 is 24.0 Å². The molecule has 0 saturated heterocycles. The van der Waals surface area contributed by atoms with E-state index in [0.29, 0.717) is 0 Å². The van der Waals surface area contributed by atoms with Gasteiger partial charge in [-0.05, 0) is 18.2 Å². The molecule has 0 amide bonds. The molecule has 23 heavy (non-hydrogen) atoms. The first kappa shape index (κ1) is 14.4. The van der Waals surface area contributed by atoms with Gasteiger partial charge in [0.1, 0.15) is 5.69 Å². The summed E-state index contributed by atoms with van der Waals surface area (Å²) in [7, 11) is 0. The van der Waals surface area contributed by atoms with Crippen molar-refractivity contribution in [1.82, 2.24) is 10.1 Å². The summed E-state index contributed by atoms with van der Waals surface area (Å²) in [6.45, 7) is 0. The van der Waals surface area contributed by atoms with Gasteiger partial charge in [0.2, 0.25) is 11.7 Å². The van der Waals surface area contributed by atoms with Crippen LogP contribution in [-0.4, -0.2) is 25.3 Å². The lowest BCUT2D eigenvalue weighted by Crippen LogP contribution is -1.90. The van der Waals surface area contributed by atoms with Gasteiger partial charge >= 0.3 is 5.69 Å². The lowest BCUT2D eigenvalue weighted by Gasteiger charge is -2.01. The highest BCUT2D eigenvalue weighted by molar-refractivity contribution is 5.72. The SMILES string of the molecule is O=[N+]([O-])c1cc(-c2cc(-c3cccnc3F)on2)cc(O)c1O. The molecular weight excluding hydrogens is 309 g/mol. The number of rotatable bonds is 3. The van der Waals surface area contributed by atoms with Crippen LogP contribution in [0, 0.1) is 16.1 Å². The minimum absolute atomic E-state index is 0.0702. The Morgan fingerprint density at radius 1 is 1.26 bits per heavy atom. The zero-order chi connectivity index (χ0) is 16.6. The number of pyridine rings is 1. The molecule has 2 aromatic heterocycles. The van der Waals surface area contributed by atoms with Crippen molar-refractivity contribution in [2.24, 2.45) is 0 Å². The fraction of sp³-hybridized carbons (Fsp3) is 0. The maximum absolute atomic E-state index is 13.6. The van der Waals surface area contributed by atoms with Crippen molar-refractivity contribution in [3.05, 3.63) is 52.6 Å². The Morgan fingerprint density at radius 2 is 2.04 bits per heavy atom. The van der Waals surface area contributed by atoms with Crippen LogP contribution in [0.25, 0.3) is 22.6 Å². The number of hydrogen-bond acceptors (Lipinski definition) is 7. The third-order valence-corrected chi connectivity index (χ3v) is 3.10. The molecule has 9 heteroatoms. The van der Waals surface area contributed by atoms with Gasteiger partial charge in [0.25, 0.3) is 0 Å². The first-order valence-corrected chi connectivity index (χ1v) is 6.25. The van der Waals surface area contributed by atoms with Crippen molar-refractivity contribution >= 4 is 5.69 Å². The standard InChI is InChI=1S/C14H8FN3O5/c15-14-8(2-1-3-16-14)12-6-9(17-23-12)7-4-10(18(21)22)13(20)11(19)5-7/h1-6,19-20H. The van der Waals surface area contributed by atoms with Crippen molar-refractivity contribution in [2.45, 2.75) is 0 Å². The van der Waals surface area contributed by atoms with Gasteiger partial charge in [-0.2, -0.15) is 4.39 Å². The van der Waals surface area contributed by atoms with Crippen molar-refractivity contribution in [3.63, 3.8) is 0 Å². The van der Waals surface area contributed by atoms with E-state index >= 15 is 0 Å². The summed E-state index contributed by atoms with van der Waals surface area (Å²) in [6.07, 6.45) is 1.28. The van der Waals surface area contributed by atoms with Crippen LogP contribution in [0.15, 0.2) is 41.1 Å². The molecule has 2 heterocycles. The quantitative estimate of drug-likeness (QED) is 0.329. The van der Waals surface area contributed by atoms with Crippen LogP contribution >= 0.6 is 0 Å². The Labute approximate surface area is 127 Å². The number of hydrogen-bond donors (Lipinski definition) is 2. The van der Waals surface area contributed by atoms with Gasteiger partial charge in [0.05, 0.1) is 10.5 Å². The zero-order valence-corrected chi connectivity index (χ0v) is 11.3. The molecule has 8 nitrogen and oxygen atoms in total. The number of nitro benzene ring substituents is 1. The summed E-state index contributed by atoms with van der Waals surface area (Å²) in [5.74, 6) is -2.21. The molecule has 0 aliphatic rings. The molecule has 0 fully saturated rings. The van der Waals surface area contributed by atoms with E-state index in [4.69, 9.17) is 4.52 Å². The van der Waals surface area contributed by atoms with Crippen LogP contribution in [0.5, 0.6) is 11.5 Å². The van der Waals surface area contributed by atoms with E-state index in [0.717, 1.165) is 12.1 Å². The highest BCUT2D eigenvalue weighted by Gasteiger charge is 2.21. The second-order valence-corrected chi connectivity index (χ2v) is 4.54. The normalized spacial score (nSPS) is 10.7. The van der Waals surface area contributed by atoms with Crippen molar-refractivity contribution in [1.29, 1.82) is 0 Å². The Morgan fingerprint density at radius 3 is 2.74 bits per heavy atom. The van der Waals surface area contributed by atoms with Crippen LogP contribution in [0.3, 0.4) is 0 Å². The van der Waals surface area contributed by atoms with Crippen LogP contribution < -0.4 is 0 Å². The molecule has 0 atom stereocenters. The van der Waals surface area contributed by atoms with E-state index in [9.17, 15) is 24.7 Å². The number of halogens is 1. The van der Waals surface area contributed by atoms with Gasteiger partial charge in [0, 0.05) is 23.9 Å². The molecule has 3 aromatic rings. The maximum atomic E-state index is 13.6. The van der Waals surface area contributed by atoms with Gasteiger partial charge < -0.3 is 14.7 Å². The summed E-state index contributed by atoms with van der Waals surface area (Å²) in [5.41, 5.74) is -0.353. The number of benzene rings is 1. The van der Waals surface area contributed by atoms with Gasteiger partial charge in [0.15, 0.2) is 11.5 Å². The average molecular weight is 317 g/mol. The van der Waals surface area contributed by atoms with Crippen molar-refractivity contribution in [2.75, 3.05) is 0 Å². The number of aromatic nitrogens is 2. The smallest absolute Gasteiger partial charge is 0.315 e. The monoisotopic (exact) mass is 317 g/mol. The third-order valence-electron chi connectivity index (χ3n) is 3.10. The van der Waals surface area contributed by atoms with Crippen LogP contribution in [0.2, 0.25) is 0 Å². The molecule has 0 radical (unpaired) electrons. The maximum Gasteiger partial charge on any atom is 0.315 e. The minimum Gasteiger partial charge on any atom is -0.504 e. The van der Waals surface area contributed by atoms with Gasteiger partial charge in [-0.25, -0.2) is 4.98 Å². The third kappa shape index (κ3) is 2.55. The number of phenolic OH excluding ortho intramolecular Hbond substituents is 2. The predicted octanol–water partition coefficient (Wildman–Crippen LogP) is 2.86. The molecule has 0 spiro atoms. The van der Waals surface area contributed by atoms with E-state index in [1.54, 1.807) is 0 Å². The summed E-state index contributed by atoms with van der Waals surface area (Å²) in [6, 6.07) is 6.40. The molecule has 3 rings (SSSR count). The first-order chi connectivity index (χ1) is 11.0.